The first kappa shape index (κ1) is 18.5. The van der Waals surface area contributed by atoms with Crippen LogP contribution >= 0.6 is 0 Å². The standard InChI is InChI=1S/C21H28N4O/c1-16-6-7-19(18(3)13-16)23-21(26)15-25-11-9-24(10-12-25)14-20-17(2)5-4-8-22-20/h4-8,13H,9-12,14-15H2,1-3H3,(H,23,26). The molecule has 26 heavy (non-hydrogen) atoms. The summed E-state index contributed by atoms with van der Waals surface area (Å²) in [5, 5.41) is 3.04. The van der Waals surface area contributed by atoms with Crippen molar-refractivity contribution in [1.82, 2.24) is 14.8 Å². The number of hydrogen-bond donors (Lipinski definition) is 1. The quantitative estimate of drug-likeness (QED) is 0.899. The van der Waals surface area contributed by atoms with E-state index in [4.69, 9.17) is 0 Å². The molecule has 0 saturated carbocycles. The highest BCUT2D eigenvalue weighted by Gasteiger charge is 2.20. The number of rotatable bonds is 5. The number of hydrogen-bond acceptors (Lipinski definition) is 4. The van der Waals surface area contributed by atoms with Crippen LogP contribution in [0.1, 0.15) is 22.4 Å². The Kier molecular flexibility index (Phi) is 6.01. The average molecular weight is 352 g/mol. The third-order valence-electron chi connectivity index (χ3n) is 4.98. The molecule has 2 heterocycles. The van der Waals surface area contributed by atoms with E-state index >= 15 is 0 Å². The largest absolute Gasteiger partial charge is 0.325 e. The Labute approximate surface area is 156 Å². The number of aryl methyl sites for hydroxylation is 3. The molecule has 138 valence electrons. The molecule has 1 fully saturated rings. The van der Waals surface area contributed by atoms with Gasteiger partial charge in [0, 0.05) is 44.6 Å². The highest BCUT2D eigenvalue weighted by Crippen LogP contribution is 2.16. The zero-order valence-corrected chi connectivity index (χ0v) is 16.0. The SMILES string of the molecule is Cc1ccc(NC(=O)CN2CCN(Cc3ncccc3C)CC2)c(C)c1. The fraction of sp³-hybridized carbons (Fsp3) is 0.429. The maximum atomic E-state index is 12.4. The Morgan fingerprint density at radius 1 is 1.04 bits per heavy atom. The summed E-state index contributed by atoms with van der Waals surface area (Å²) in [6.07, 6.45) is 1.86. The number of pyridine rings is 1. The Bertz CT molecular complexity index is 766. The van der Waals surface area contributed by atoms with Crippen molar-refractivity contribution in [3.05, 3.63) is 58.9 Å². The Hall–Kier alpha value is -2.24. The molecule has 1 saturated heterocycles. The second-order valence-electron chi connectivity index (χ2n) is 7.19. The predicted molar refractivity (Wildman–Crippen MR) is 105 cm³/mol. The molecule has 3 rings (SSSR count). The number of nitrogens with one attached hydrogen (secondary N) is 1. The number of amides is 1. The summed E-state index contributed by atoms with van der Waals surface area (Å²) in [7, 11) is 0. The van der Waals surface area contributed by atoms with Crippen molar-refractivity contribution in [2.24, 2.45) is 0 Å². The van der Waals surface area contributed by atoms with Gasteiger partial charge in [-0.1, -0.05) is 23.8 Å². The first-order valence-electron chi connectivity index (χ1n) is 9.23. The Balaban J connectivity index is 1.46. The van der Waals surface area contributed by atoms with Crippen molar-refractivity contribution in [2.45, 2.75) is 27.3 Å². The molecule has 1 amide bonds. The number of benzene rings is 1. The lowest BCUT2D eigenvalue weighted by molar-refractivity contribution is -0.117. The van der Waals surface area contributed by atoms with Crippen molar-refractivity contribution in [2.75, 3.05) is 38.0 Å². The summed E-state index contributed by atoms with van der Waals surface area (Å²) in [4.78, 5) is 21.5. The van der Waals surface area contributed by atoms with Crippen LogP contribution in [-0.4, -0.2) is 53.4 Å². The number of carbonyl (C=O) groups is 1. The second-order valence-corrected chi connectivity index (χ2v) is 7.19. The summed E-state index contributed by atoms with van der Waals surface area (Å²) in [6.45, 7) is 11.3. The maximum Gasteiger partial charge on any atom is 0.238 e. The number of aromatic nitrogens is 1. The molecule has 2 aromatic rings. The number of carbonyl (C=O) groups excluding carboxylic acids is 1. The molecule has 1 aromatic heterocycles. The fourth-order valence-electron chi connectivity index (χ4n) is 3.35. The molecule has 0 atom stereocenters. The van der Waals surface area contributed by atoms with Crippen molar-refractivity contribution in [3.63, 3.8) is 0 Å². The molecular formula is C21H28N4O. The van der Waals surface area contributed by atoms with E-state index in [-0.39, 0.29) is 5.91 Å². The van der Waals surface area contributed by atoms with Crippen LogP contribution in [-0.2, 0) is 11.3 Å². The van der Waals surface area contributed by atoms with Crippen LogP contribution in [0.15, 0.2) is 36.5 Å². The summed E-state index contributed by atoms with van der Waals surface area (Å²) >= 11 is 0. The van der Waals surface area contributed by atoms with Crippen LogP contribution in [0.25, 0.3) is 0 Å². The highest BCUT2D eigenvalue weighted by molar-refractivity contribution is 5.93. The van der Waals surface area contributed by atoms with Gasteiger partial charge >= 0.3 is 0 Å². The topological polar surface area (TPSA) is 48.5 Å². The lowest BCUT2D eigenvalue weighted by atomic mass is 10.1. The van der Waals surface area contributed by atoms with Crippen LogP contribution in [0.3, 0.4) is 0 Å². The van der Waals surface area contributed by atoms with Gasteiger partial charge in [0.15, 0.2) is 0 Å². The third kappa shape index (κ3) is 4.90. The van der Waals surface area contributed by atoms with Gasteiger partial charge in [-0.3, -0.25) is 19.6 Å². The smallest absolute Gasteiger partial charge is 0.238 e. The summed E-state index contributed by atoms with van der Waals surface area (Å²) in [6, 6.07) is 10.2. The van der Waals surface area contributed by atoms with Gasteiger partial charge in [0.1, 0.15) is 0 Å². The van der Waals surface area contributed by atoms with Crippen LogP contribution in [0.2, 0.25) is 0 Å². The molecule has 1 aliphatic heterocycles. The summed E-state index contributed by atoms with van der Waals surface area (Å²) in [5.74, 6) is 0.0611. The Morgan fingerprint density at radius 3 is 2.46 bits per heavy atom. The second kappa shape index (κ2) is 8.43. The van der Waals surface area contributed by atoms with E-state index in [9.17, 15) is 4.79 Å². The van der Waals surface area contributed by atoms with Gasteiger partial charge in [0.05, 0.1) is 12.2 Å². The van der Waals surface area contributed by atoms with Gasteiger partial charge in [0.2, 0.25) is 5.91 Å². The average Bonchev–Trinajstić information content (AvgIpc) is 2.61. The van der Waals surface area contributed by atoms with Gasteiger partial charge < -0.3 is 5.32 Å². The van der Waals surface area contributed by atoms with E-state index in [0.29, 0.717) is 6.54 Å². The lowest BCUT2D eigenvalue weighted by Gasteiger charge is -2.34. The van der Waals surface area contributed by atoms with Gasteiger partial charge in [-0.15, -0.1) is 0 Å². The van der Waals surface area contributed by atoms with Gasteiger partial charge in [-0.25, -0.2) is 0 Å². The maximum absolute atomic E-state index is 12.4. The van der Waals surface area contributed by atoms with E-state index < -0.39 is 0 Å². The van der Waals surface area contributed by atoms with E-state index in [1.165, 1.54) is 11.1 Å². The van der Waals surface area contributed by atoms with Crippen molar-refractivity contribution in [1.29, 1.82) is 0 Å². The van der Waals surface area contributed by atoms with Gasteiger partial charge in [0.25, 0.3) is 0 Å². The molecule has 0 unspecified atom stereocenters. The number of anilines is 1. The molecule has 5 nitrogen and oxygen atoms in total. The molecule has 5 heteroatoms. The van der Waals surface area contributed by atoms with Crippen molar-refractivity contribution in [3.8, 4) is 0 Å². The molecule has 1 N–H and O–H groups in total. The molecule has 1 aliphatic rings. The van der Waals surface area contributed by atoms with E-state index in [1.54, 1.807) is 0 Å². The number of nitrogens with zero attached hydrogens (tertiary/aromatic N) is 3. The van der Waals surface area contributed by atoms with Gasteiger partial charge in [-0.05, 0) is 44.0 Å². The molecular weight excluding hydrogens is 324 g/mol. The predicted octanol–water partition coefficient (Wildman–Crippen LogP) is 2.76. The monoisotopic (exact) mass is 352 g/mol. The highest BCUT2D eigenvalue weighted by atomic mass is 16.2. The normalized spacial score (nSPS) is 15.8. The number of piperazine rings is 1. The Morgan fingerprint density at radius 2 is 1.77 bits per heavy atom. The van der Waals surface area contributed by atoms with E-state index in [1.807, 2.05) is 31.3 Å². The minimum atomic E-state index is 0.0611. The fourth-order valence-corrected chi connectivity index (χ4v) is 3.35. The van der Waals surface area contributed by atoms with Crippen LogP contribution in [0.5, 0.6) is 0 Å². The zero-order valence-electron chi connectivity index (χ0n) is 16.0. The minimum absolute atomic E-state index is 0.0611. The van der Waals surface area contributed by atoms with Gasteiger partial charge in [-0.2, -0.15) is 0 Å². The van der Waals surface area contributed by atoms with Crippen LogP contribution in [0.4, 0.5) is 5.69 Å². The van der Waals surface area contributed by atoms with E-state index in [0.717, 1.165) is 49.7 Å². The zero-order chi connectivity index (χ0) is 18.5. The molecule has 0 bridgehead atoms. The minimum Gasteiger partial charge on any atom is -0.325 e. The first-order valence-corrected chi connectivity index (χ1v) is 9.23. The molecule has 0 spiro atoms. The first-order chi connectivity index (χ1) is 12.5. The van der Waals surface area contributed by atoms with Crippen LogP contribution in [0, 0.1) is 20.8 Å². The molecule has 0 radical (unpaired) electrons. The third-order valence-corrected chi connectivity index (χ3v) is 4.98. The van der Waals surface area contributed by atoms with Crippen molar-refractivity contribution < 1.29 is 4.79 Å². The van der Waals surface area contributed by atoms with Crippen molar-refractivity contribution >= 4 is 11.6 Å². The van der Waals surface area contributed by atoms with E-state index in [2.05, 4.69) is 46.1 Å². The lowest BCUT2D eigenvalue weighted by Crippen LogP contribution is -2.48. The van der Waals surface area contributed by atoms with Crippen LogP contribution < -0.4 is 5.32 Å². The molecule has 1 aromatic carbocycles. The summed E-state index contributed by atoms with van der Waals surface area (Å²) < 4.78 is 0. The summed E-state index contributed by atoms with van der Waals surface area (Å²) in [5.41, 5.74) is 5.61. The molecule has 0 aliphatic carbocycles.